The molecule has 0 aliphatic rings. The first kappa shape index (κ1) is 17.7. The summed E-state index contributed by atoms with van der Waals surface area (Å²) in [7, 11) is 0. The molecule has 0 aliphatic heterocycles. The molecule has 4 N–H and O–H groups in total. The molecule has 0 heterocycles. The van der Waals surface area contributed by atoms with Gasteiger partial charge in [0.2, 0.25) is 0 Å². The van der Waals surface area contributed by atoms with Gasteiger partial charge < -0.3 is 16.4 Å². The van der Waals surface area contributed by atoms with E-state index in [9.17, 15) is 4.79 Å². The second-order valence-corrected chi connectivity index (χ2v) is 5.24. The molecule has 0 saturated carbocycles. The highest BCUT2D eigenvalue weighted by Gasteiger charge is 2.04. The molecule has 0 radical (unpaired) electrons. The average Bonchev–Trinajstić information content (AvgIpc) is 2.61. The van der Waals surface area contributed by atoms with Crippen LogP contribution < -0.4 is 16.4 Å². The van der Waals surface area contributed by atoms with E-state index in [1.807, 2.05) is 19.1 Å². The largest absolute Gasteiger partial charge is 0.386 e. The monoisotopic (exact) mass is 334 g/mol. The van der Waals surface area contributed by atoms with E-state index in [-0.39, 0.29) is 6.03 Å². The molecule has 0 atom stereocenters. The van der Waals surface area contributed by atoms with Crippen LogP contribution in [0.15, 0.2) is 58.7 Å². The third-order valence-corrected chi connectivity index (χ3v) is 3.17. The summed E-state index contributed by atoms with van der Waals surface area (Å²) >= 11 is 0. The van der Waals surface area contributed by atoms with Gasteiger partial charge in [0.05, 0.1) is 12.3 Å². The Bertz CT molecular complexity index is 841. The lowest BCUT2D eigenvalue weighted by Gasteiger charge is -2.08. The normalized spacial score (nSPS) is 11.6. The molecule has 25 heavy (non-hydrogen) atoms. The first-order valence-corrected chi connectivity index (χ1v) is 7.48. The van der Waals surface area contributed by atoms with E-state index in [4.69, 9.17) is 12.3 Å². The van der Waals surface area contributed by atoms with Crippen molar-refractivity contribution >= 4 is 34.6 Å². The van der Waals surface area contributed by atoms with E-state index in [0.717, 1.165) is 11.3 Å². The molecule has 0 aliphatic carbocycles. The Hall–Kier alpha value is -3.66. The number of amidine groups is 1. The summed E-state index contributed by atoms with van der Waals surface area (Å²) in [6, 6.07) is 13.5. The van der Waals surface area contributed by atoms with Crippen LogP contribution in [0.2, 0.25) is 0 Å². The van der Waals surface area contributed by atoms with Crippen LogP contribution in [0.3, 0.4) is 0 Å². The summed E-state index contributed by atoms with van der Waals surface area (Å²) in [5.41, 5.74) is 8.83. The van der Waals surface area contributed by atoms with Gasteiger partial charge in [-0.25, -0.2) is 9.64 Å². The van der Waals surface area contributed by atoms with Crippen molar-refractivity contribution in [3.05, 3.63) is 65.5 Å². The van der Waals surface area contributed by atoms with Crippen LogP contribution in [-0.2, 0) is 0 Å². The Balaban J connectivity index is 1.98. The third-order valence-electron chi connectivity index (χ3n) is 3.17. The van der Waals surface area contributed by atoms with Gasteiger partial charge in [0, 0.05) is 11.4 Å². The van der Waals surface area contributed by atoms with Crippen LogP contribution in [0.25, 0.3) is 4.85 Å². The van der Waals surface area contributed by atoms with Crippen molar-refractivity contribution in [3.63, 3.8) is 0 Å². The molecular formula is C18H18N6O. The van der Waals surface area contributed by atoms with Crippen LogP contribution >= 0.6 is 0 Å². The number of hydrogen-bond donors (Lipinski definition) is 3. The number of rotatable bonds is 4. The van der Waals surface area contributed by atoms with E-state index in [1.54, 1.807) is 43.3 Å². The minimum atomic E-state index is -0.364. The molecule has 7 heteroatoms. The highest BCUT2D eigenvalue weighted by atomic mass is 16.2. The summed E-state index contributed by atoms with van der Waals surface area (Å²) in [5.74, 6) is 0.388. The zero-order valence-electron chi connectivity index (χ0n) is 13.9. The summed E-state index contributed by atoms with van der Waals surface area (Å²) in [5, 5.41) is 13.3. The SMILES string of the molecule is [C-]#[N+]c1ccc(NC(=O)Nc2ccc(/C(C)=N/N=C(C)N)cc2)cc1. The van der Waals surface area contributed by atoms with Crippen LogP contribution in [0, 0.1) is 6.57 Å². The molecule has 0 spiro atoms. The number of nitrogens with one attached hydrogen (secondary N) is 2. The summed E-state index contributed by atoms with van der Waals surface area (Å²) < 4.78 is 0. The third kappa shape index (κ3) is 5.48. The number of amides is 2. The average molecular weight is 334 g/mol. The second-order valence-electron chi connectivity index (χ2n) is 5.24. The predicted octanol–water partition coefficient (Wildman–Crippen LogP) is 3.98. The Kier molecular flexibility index (Phi) is 5.85. The van der Waals surface area contributed by atoms with Crippen molar-refractivity contribution in [2.75, 3.05) is 10.6 Å². The van der Waals surface area contributed by atoms with Gasteiger partial charge in [-0.15, -0.1) is 5.10 Å². The minimum Gasteiger partial charge on any atom is -0.386 e. The van der Waals surface area contributed by atoms with Crippen molar-refractivity contribution < 1.29 is 4.79 Å². The van der Waals surface area contributed by atoms with E-state index in [2.05, 4.69) is 25.7 Å². The van der Waals surface area contributed by atoms with Gasteiger partial charge in [-0.05, 0) is 43.7 Å². The number of carbonyl (C=O) groups excluding carboxylic acids is 1. The van der Waals surface area contributed by atoms with E-state index < -0.39 is 0 Å². The highest BCUT2D eigenvalue weighted by molar-refractivity contribution is 6.01. The predicted molar refractivity (Wildman–Crippen MR) is 101 cm³/mol. The first-order chi connectivity index (χ1) is 12.0. The molecule has 2 aromatic rings. The van der Waals surface area contributed by atoms with Gasteiger partial charge in [0.1, 0.15) is 5.84 Å². The number of anilines is 2. The minimum absolute atomic E-state index is 0.364. The van der Waals surface area contributed by atoms with Crippen LogP contribution in [-0.4, -0.2) is 17.6 Å². The van der Waals surface area contributed by atoms with Gasteiger partial charge in [0.25, 0.3) is 0 Å². The van der Waals surface area contributed by atoms with E-state index in [1.165, 1.54) is 0 Å². The number of benzene rings is 2. The van der Waals surface area contributed by atoms with Crippen molar-refractivity contribution in [1.82, 2.24) is 0 Å². The zero-order chi connectivity index (χ0) is 18.2. The lowest BCUT2D eigenvalue weighted by atomic mass is 10.1. The van der Waals surface area contributed by atoms with E-state index >= 15 is 0 Å². The van der Waals surface area contributed by atoms with Crippen molar-refractivity contribution in [3.8, 4) is 0 Å². The fourth-order valence-electron chi connectivity index (χ4n) is 1.92. The second kappa shape index (κ2) is 8.26. The van der Waals surface area contributed by atoms with Crippen molar-refractivity contribution in [2.45, 2.75) is 13.8 Å². The smallest absolute Gasteiger partial charge is 0.323 e. The highest BCUT2D eigenvalue weighted by Crippen LogP contribution is 2.16. The lowest BCUT2D eigenvalue weighted by Crippen LogP contribution is -2.19. The molecule has 0 saturated heterocycles. The van der Waals surface area contributed by atoms with Gasteiger partial charge in [0.15, 0.2) is 5.69 Å². The quantitative estimate of drug-likeness (QED) is 0.341. The number of urea groups is 1. The maximum Gasteiger partial charge on any atom is 0.323 e. The van der Waals surface area contributed by atoms with Gasteiger partial charge in [-0.2, -0.15) is 5.10 Å². The molecule has 2 rings (SSSR count). The first-order valence-electron chi connectivity index (χ1n) is 7.48. The molecular weight excluding hydrogens is 316 g/mol. The Labute approximate surface area is 146 Å². The zero-order valence-corrected chi connectivity index (χ0v) is 13.9. The molecule has 126 valence electrons. The maximum atomic E-state index is 12.0. The van der Waals surface area contributed by atoms with Crippen LogP contribution in [0.4, 0.5) is 21.9 Å². The molecule has 0 aromatic heterocycles. The maximum absolute atomic E-state index is 12.0. The van der Waals surface area contributed by atoms with E-state index in [0.29, 0.717) is 22.9 Å². The van der Waals surface area contributed by atoms with Crippen LogP contribution in [0.5, 0.6) is 0 Å². The Morgan fingerprint density at radius 1 is 0.960 bits per heavy atom. The summed E-state index contributed by atoms with van der Waals surface area (Å²) in [4.78, 5) is 15.3. The number of carbonyl (C=O) groups is 1. The topological polar surface area (TPSA) is 96.2 Å². The molecule has 2 aromatic carbocycles. The number of nitrogens with zero attached hydrogens (tertiary/aromatic N) is 3. The molecule has 0 fully saturated rings. The van der Waals surface area contributed by atoms with Crippen LogP contribution in [0.1, 0.15) is 19.4 Å². The van der Waals surface area contributed by atoms with Gasteiger partial charge in [-0.1, -0.05) is 24.3 Å². The Morgan fingerprint density at radius 3 is 1.96 bits per heavy atom. The molecule has 2 amide bonds. The van der Waals surface area contributed by atoms with Gasteiger partial charge in [-0.3, -0.25) is 0 Å². The fraction of sp³-hybridized carbons (Fsp3) is 0.111. The fourth-order valence-corrected chi connectivity index (χ4v) is 1.92. The molecule has 0 unspecified atom stereocenters. The number of nitrogens with two attached hydrogens (primary N) is 1. The summed E-state index contributed by atoms with van der Waals surface area (Å²) in [6.45, 7) is 10.4. The Morgan fingerprint density at radius 2 is 1.48 bits per heavy atom. The molecule has 7 nitrogen and oxygen atoms in total. The molecule has 0 bridgehead atoms. The van der Waals surface area contributed by atoms with Crippen molar-refractivity contribution in [2.24, 2.45) is 15.9 Å². The number of hydrogen-bond acceptors (Lipinski definition) is 3. The standard InChI is InChI=1S/C18H18N6O/c1-12(23-24-13(2)19)14-4-6-16(7-5-14)21-18(25)22-17-10-8-15(20-3)9-11-17/h4-11H,1-2H3,(H2,19,24)(H2,21,22,25)/b23-12+. The summed E-state index contributed by atoms with van der Waals surface area (Å²) in [6.07, 6.45) is 0. The van der Waals surface area contributed by atoms with Crippen molar-refractivity contribution in [1.29, 1.82) is 0 Å². The lowest BCUT2D eigenvalue weighted by molar-refractivity contribution is 0.262. The van der Waals surface area contributed by atoms with Gasteiger partial charge >= 0.3 is 6.03 Å².